The van der Waals surface area contributed by atoms with Crippen LogP contribution in [-0.4, -0.2) is 0 Å². The predicted molar refractivity (Wildman–Crippen MR) is 84.2 cm³/mol. The number of hydrogen-bond acceptors (Lipinski definition) is 0. The molecule has 1 aromatic rings. The average molecular weight is 276 g/mol. The third kappa shape index (κ3) is 4.61. The quantitative estimate of drug-likeness (QED) is 0.597. The first-order valence-corrected chi connectivity index (χ1v) is 8.43. The van der Waals surface area contributed by atoms with Gasteiger partial charge in [0.1, 0.15) is 5.82 Å². The summed E-state index contributed by atoms with van der Waals surface area (Å²) in [5.74, 6) is 2.41. The molecule has 1 saturated carbocycles. The van der Waals surface area contributed by atoms with Gasteiger partial charge >= 0.3 is 0 Å². The molecule has 1 fully saturated rings. The summed E-state index contributed by atoms with van der Waals surface area (Å²) in [7, 11) is 0. The lowest BCUT2D eigenvalue weighted by Crippen LogP contribution is -2.21. The van der Waals surface area contributed by atoms with Gasteiger partial charge in [0.25, 0.3) is 0 Å². The van der Waals surface area contributed by atoms with Crippen LogP contribution in [0.25, 0.3) is 0 Å². The number of unbranched alkanes of at least 4 members (excludes halogenated alkanes) is 1. The van der Waals surface area contributed by atoms with Crippen LogP contribution in [0.15, 0.2) is 24.3 Å². The molecule has 0 aromatic heterocycles. The maximum atomic E-state index is 13.2. The van der Waals surface area contributed by atoms with E-state index in [-0.39, 0.29) is 5.82 Å². The standard InChI is InChI=1S/C19H29F/c1-3-4-6-16-9-11-18(12-10-16)15(2)13-17-7-5-8-19(20)14-17/h5,7-8,14-16,18H,3-4,6,9-13H2,1-2H3. The second-order valence-electron chi connectivity index (χ2n) is 6.73. The first-order valence-electron chi connectivity index (χ1n) is 8.43. The fourth-order valence-electron chi connectivity index (χ4n) is 3.74. The largest absolute Gasteiger partial charge is 0.207 e. The maximum absolute atomic E-state index is 13.2. The van der Waals surface area contributed by atoms with Crippen molar-refractivity contribution in [1.29, 1.82) is 0 Å². The van der Waals surface area contributed by atoms with E-state index in [4.69, 9.17) is 0 Å². The van der Waals surface area contributed by atoms with Gasteiger partial charge in [0, 0.05) is 0 Å². The Hall–Kier alpha value is -0.850. The van der Waals surface area contributed by atoms with E-state index < -0.39 is 0 Å². The number of hydrogen-bond donors (Lipinski definition) is 0. The van der Waals surface area contributed by atoms with Gasteiger partial charge in [-0.15, -0.1) is 0 Å². The molecule has 20 heavy (non-hydrogen) atoms. The zero-order valence-corrected chi connectivity index (χ0v) is 13.1. The van der Waals surface area contributed by atoms with E-state index >= 15 is 0 Å². The molecule has 1 aromatic carbocycles. The number of halogens is 1. The normalized spacial score (nSPS) is 24.6. The summed E-state index contributed by atoms with van der Waals surface area (Å²) in [4.78, 5) is 0. The second kappa shape index (κ2) is 7.81. The van der Waals surface area contributed by atoms with Crippen molar-refractivity contribution in [3.63, 3.8) is 0 Å². The van der Waals surface area contributed by atoms with Crippen LogP contribution in [0.2, 0.25) is 0 Å². The fraction of sp³-hybridized carbons (Fsp3) is 0.684. The van der Waals surface area contributed by atoms with E-state index in [1.165, 1.54) is 51.0 Å². The molecule has 0 heterocycles. The van der Waals surface area contributed by atoms with Crippen molar-refractivity contribution < 1.29 is 4.39 Å². The monoisotopic (exact) mass is 276 g/mol. The van der Waals surface area contributed by atoms with Crippen LogP contribution in [0.5, 0.6) is 0 Å². The lowest BCUT2D eigenvalue weighted by Gasteiger charge is -2.32. The van der Waals surface area contributed by atoms with Crippen molar-refractivity contribution in [3.05, 3.63) is 35.6 Å². The van der Waals surface area contributed by atoms with Crippen molar-refractivity contribution >= 4 is 0 Å². The molecule has 0 nitrogen and oxygen atoms in total. The number of rotatable bonds is 6. The van der Waals surface area contributed by atoms with Gasteiger partial charge in [-0.1, -0.05) is 58.1 Å². The van der Waals surface area contributed by atoms with Crippen LogP contribution >= 0.6 is 0 Å². The van der Waals surface area contributed by atoms with Gasteiger partial charge in [-0.2, -0.15) is 0 Å². The molecule has 1 aliphatic carbocycles. The lowest BCUT2D eigenvalue weighted by atomic mass is 9.73. The van der Waals surface area contributed by atoms with Gasteiger partial charge in [-0.05, 0) is 54.7 Å². The molecule has 1 atom stereocenters. The molecule has 0 bridgehead atoms. The Balaban J connectivity index is 1.78. The van der Waals surface area contributed by atoms with E-state index in [0.717, 1.165) is 23.8 Å². The molecule has 1 unspecified atom stereocenters. The second-order valence-corrected chi connectivity index (χ2v) is 6.73. The van der Waals surface area contributed by atoms with Gasteiger partial charge in [-0.3, -0.25) is 0 Å². The Bertz CT molecular complexity index is 391. The minimum Gasteiger partial charge on any atom is -0.207 e. The summed E-state index contributed by atoms with van der Waals surface area (Å²) in [6, 6.07) is 7.13. The minimum atomic E-state index is -0.0991. The first kappa shape index (κ1) is 15.5. The third-order valence-electron chi connectivity index (χ3n) is 5.11. The molecule has 0 spiro atoms. The summed E-state index contributed by atoms with van der Waals surface area (Å²) < 4.78 is 13.2. The molecule has 1 aliphatic rings. The lowest BCUT2D eigenvalue weighted by molar-refractivity contribution is 0.204. The van der Waals surface area contributed by atoms with Gasteiger partial charge in [-0.25, -0.2) is 4.39 Å². The molecule has 112 valence electrons. The SMILES string of the molecule is CCCCC1CCC(C(C)Cc2cccc(F)c2)CC1. The minimum absolute atomic E-state index is 0.0991. The van der Waals surface area contributed by atoms with E-state index in [1.54, 1.807) is 6.07 Å². The Morgan fingerprint density at radius 3 is 2.60 bits per heavy atom. The number of benzene rings is 1. The molecular weight excluding hydrogens is 247 g/mol. The van der Waals surface area contributed by atoms with Gasteiger partial charge < -0.3 is 0 Å². The molecule has 0 aliphatic heterocycles. The van der Waals surface area contributed by atoms with Crippen LogP contribution in [0, 0.1) is 23.6 Å². The fourth-order valence-corrected chi connectivity index (χ4v) is 3.74. The van der Waals surface area contributed by atoms with E-state index in [0.29, 0.717) is 5.92 Å². The highest BCUT2D eigenvalue weighted by molar-refractivity contribution is 5.16. The van der Waals surface area contributed by atoms with Gasteiger partial charge in [0.05, 0.1) is 0 Å². The summed E-state index contributed by atoms with van der Waals surface area (Å²) in [5.41, 5.74) is 1.16. The van der Waals surface area contributed by atoms with E-state index in [9.17, 15) is 4.39 Å². The van der Waals surface area contributed by atoms with Crippen LogP contribution in [-0.2, 0) is 6.42 Å². The van der Waals surface area contributed by atoms with Gasteiger partial charge in [0.15, 0.2) is 0 Å². The van der Waals surface area contributed by atoms with Crippen LogP contribution < -0.4 is 0 Å². The van der Waals surface area contributed by atoms with Gasteiger partial charge in [0.2, 0.25) is 0 Å². The van der Waals surface area contributed by atoms with Crippen molar-refractivity contribution in [1.82, 2.24) is 0 Å². The summed E-state index contributed by atoms with van der Waals surface area (Å²) in [6.45, 7) is 4.63. The van der Waals surface area contributed by atoms with Crippen LogP contribution in [0.3, 0.4) is 0 Å². The molecule has 0 amide bonds. The average Bonchev–Trinajstić information content (AvgIpc) is 2.45. The van der Waals surface area contributed by atoms with Crippen molar-refractivity contribution in [2.75, 3.05) is 0 Å². The smallest absolute Gasteiger partial charge is 0.123 e. The topological polar surface area (TPSA) is 0 Å². The predicted octanol–water partition coefficient (Wildman–Crippen LogP) is 6.00. The maximum Gasteiger partial charge on any atom is 0.123 e. The molecule has 1 heteroatoms. The Morgan fingerprint density at radius 1 is 1.20 bits per heavy atom. The highest BCUT2D eigenvalue weighted by Crippen LogP contribution is 2.36. The van der Waals surface area contributed by atoms with Crippen LogP contribution in [0.1, 0.15) is 64.4 Å². The zero-order chi connectivity index (χ0) is 14.4. The summed E-state index contributed by atoms with van der Waals surface area (Å²) >= 11 is 0. The Labute approximate surface area is 123 Å². The highest BCUT2D eigenvalue weighted by atomic mass is 19.1. The molecule has 2 rings (SSSR count). The zero-order valence-electron chi connectivity index (χ0n) is 13.1. The summed E-state index contributed by atoms with van der Waals surface area (Å²) in [6.07, 6.45) is 10.8. The highest BCUT2D eigenvalue weighted by Gasteiger charge is 2.24. The molecule has 0 radical (unpaired) electrons. The van der Waals surface area contributed by atoms with E-state index in [1.807, 2.05) is 6.07 Å². The molecule has 0 saturated heterocycles. The third-order valence-corrected chi connectivity index (χ3v) is 5.11. The van der Waals surface area contributed by atoms with Crippen molar-refractivity contribution in [2.45, 2.75) is 65.2 Å². The van der Waals surface area contributed by atoms with Crippen molar-refractivity contribution in [2.24, 2.45) is 17.8 Å². The summed E-state index contributed by atoms with van der Waals surface area (Å²) in [5, 5.41) is 0. The Kier molecular flexibility index (Phi) is 6.06. The van der Waals surface area contributed by atoms with E-state index in [2.05, 4.69) is 19.9 Å². The van der Waals surface area contributed by atoms with Crippen LogP contribution in [0.4, 0.5) is 4.39 Å². The molecule has 0 N–H and O–H groups in total. The molecular formula is C19H29F. The van der Waals surface area contributed by atoms with Crippen molar-refractivity contribution in [3.8, 4) is 0 Å². The Morgan fingerprint density at radius 2 is 1.95 bits per heavy atom. The first-order chi connectivity index (χ1) is 9.69.